The minimum Gasteiger partial charge on any atom is -0.487 e. The molecule has 1 aliphatic rings. The summed E-state index contributed by atoms with van der Waals surface area (Å²) in [6.45, 7) is 0.237. The van der Waals surface area contributed by atoms with Crippen LogP contribution in [0.4, 0.5) is 8.78 Å². The zero-order valence-electron chi connectivity index (χ0n) is 10.0. The number of rotatable bonds is 4. The summed E-state index contributed by atoms with van der Waals surface area (Å²) in [6, 6.07) is 1.32. The third kappa shape index (κ3) is 3.57. The summed E-state index contributed by atoms with van der Waals surface area (Å²) in [6.07, 6.45) is 4.17. The van der Waals surface area contributed by atoms with E-state index in [0.29, 0.717) is 18.1 Å². The lowest BCUT2D eigenvalue weighted by Gasteiger charge is -2.13. The molecule has 1 aliphatic carbocycles. The van der Waals surface area contributed by atoms with Crippen LogP contribution in [0.25, 0.3) is 0 Å². The van der Waals surface area contributed by atoms with E-state index in [1.54, 1.807) is 0 Å². The lowest BCUT2D eigenvalue weighted by Crippen LogP contribution is -2.10. The molecule has 0 saturated heterocycles. The second-order valence-electron chi connectivity index (χ2n) is 4.62. The largest absolute Gasteiger partial charge is 0.487 e. The van der Waals surface area contributed by atoms with E-state index in [2.05, 4.69) is 0 Å². The molecular formula is C12H13ClF2O3S. The van der Waals surface area contributed by atoms with Crippen LogP contribution in [-0.4, -0.2) is 15.0 Å². The topological polar surface area (TPSA) is 43.4 Å². The Kier molecular flexibility index (Phi) is 4.30. The summed E-state index contributed by atoms with van der Waals surface area (Å²) in [4.78, 5) is -0.614. The van der Waals surface area contributed by atoms with Crippen molar-refractivity contribution >= 4 is 19.7 Å². The van der Waals surface area contributed by atoms with Crippen molar-refractivity contribution in [3.63, 3.8) is 0 Å². The normalized spacial score (nSPS) is 16.8. The number of hydrogen-bond donors (Lipinski definition) is 0. The highest BCUT2D eigenvalue weighted by Crippen LogP contribution is 2.30. The van der Waals surface area contributed by atoms with Crippen LogP contribution in [0.3, 0.4) is 0 Å². The fourth-order valence-electron chi connectivity index (χ4n) is 2.19. The molecule has 1 aromatic rings. The zero-order valence-corrected chi connectivity index (χ0v) is 11.6. The Balaban J connectivity index is 2.17. The van der Waals surface area contributed by atoms with Crippen molar-refractivity contribution in [3.05, 3.63) is 23.8 Å². The zero-order chi connectivity index (χ0) is 14.0. The van der Waals surface area contributed by atoms with Gasteiger partial charge >= 0.3 is 0 Å². The van der Waals surface area contributed by atoms with E-state index in [1.165, 1.54) is 0 Å². The van der Waals surface area contributed by atoms with Crippen LogP contribution in [0.15, 0.2) is 17.0 Å². The van der Waals surface area contributed by atoms with E-state index in [0.717, 1.165) is 25.7 Å². The van der Waals surface area contributed by atoms with Gasteiger partial charge < -0.3 is 4.74 Å². The maximum Gasteiger partial charge on any atom is 0.261 e. The van der Waals surface area contributed by atoms with E-state index in [9.17, 15) is 17.2 Å². The second-order valence-corrected chi connectivity index (χ2v) is 7.18. The van der Waals surface area contributed by atoms with Gasteiger partial charge in [-0.1, -0.05) is 12.8 Å². The van der Waals surface area contributed by atoms with Gasteiger partial charge in [0.2, 0.25) is 0 Å². The maximum atomic E-state index is 13.6. The van der Waals surface area contributed by atoms with Crippen molar-refractivity contribution in [1.82, 2.24) is 0 Å². The van der Waals surface area contributed by atoms with Crippen LogP contribution >= 0.6 is 10.7 Å². The summed E-state index contributed by atoms with van der Waals surface area (Å²) < 4.78 is 54.4. The minimum absolute atomic E-state index is 0.237. The average molecular weight is 311 g/mol. The average Bonchev–Trinajstić information content (AvgIpc) is 2.79. The Hall–Kier alpha value is -0.880. The van der Waals surface area contributed by atoms with E-state index >= 15 is 0 Å². The molecule has 0 unspecified atom stereocenters. The molecule has 0 N–H and O–H groups in total. The number of hydrogen-bond acceptors (Lipinski definition) is 3. The maximum absolute atomic E-state index is 13.6. The molecule has 0 amide bonds. The van der Waals surface area contributed by atoms with Crippen molar-refractivity contribution in [1.29, 1.82) is 0 Å². The lowest BCUT2D eigenvalue weighted by atomic mass is 10.1. The van der Waals surface area contributed by atoms with Gasteiger partial charge in [0.15, 0.2) is 17.4 Å². The second kappa shape index (κ2) is 5.63. The number of ether oxygens (including phenoxy) is 1. The molecular weight excluding hydrogens is 298 g/mol. The first-order valence-electron chi connectivity index (χ1n) is 5.94. The van der Waals surface area contributed by atoms with Crippen molar-refractivity contribution in [2.24, 2.45) is 5.92 Å². The standard InChI is InChI=1S/C12H13ClF2O3S/c13-19(16,17)9-5-10(14)12(11(15)6-9)18-7-8-3-1-2-4-8/h5-6,8H,1-4,7H2. The van der Waals surface area contributed by atoms with Gasteiger partial charge in [-0.3, -0.25) is 0 Å². The van der Waals surface area contributed by atoms with Crippen molar-refractivity contribution < 1.29 is 21.9 Å². The summed E-state index contributed by atoms with van der Waals surface area (Å²) in [5.74, 6) is -2.36. The SMILES string of the molecule is O=S(=O)(Cl)c1cc(F)c(OCC2CCCC2)c(F)c1. The number of benzene rings is 1. The first kappa shape index (κ1) is 14.5. The molecule has 0 aliphatic heterocycles. The minimum atomic E-state index is -4.16. The molecule has 7 heteroatoms. The van der Waals surface area contributed by atoms with Gasteiger partial charge in [-0.25, -0.2) is 17.2 Å². The molecule has 0 heterocycles. The molecule has 0 bridgehead atoms. The molecule has 106 valence electrons. The van der Waals surface area contributed by atoms with Crippen LogP contribution in [-0.2, 0) is 9.05 Å². The molecule has 0 aromatic heterocycles. The summed E-state index contributed by atoms with van der Waals surface area (Å²) >= 11 is 0. The van der Waals surface area contributed by atoms with E-state index in [1.807, 2.05) is 0 Å². The number of halogens is 3. The van der Waals surface area contributed by atoms with Gasteiger partial charge in [-0.15, -0.1) is 0 Å². The Morgan fingerprint density at radius 1 is 1.21 bits per heavy atom. The van der Waals surface area contributed by atoms with E-state index < -0.39 is 31.3 Å². The quantitative estimate of drug-likeness (QED) is 0.800. The van der Waals surface area contributed by atoms with Gasteiger partial charge in [0, 0.05) is 10.7 Å². The first-order valence-corrected chi connectivity index (χ1v) is 8.25. The fourth-order valence-corrected chi connectivity index (χ4v) is 2.95. The predicted octanol–water partition coefficient (Wildman–Crippen LogP) is 3.46. The molecule has 1 fully saturated rings. The van der Waals surface area contributed by atoms with Gasteiger partial charge in [0.25, 0.3) is 9.05 Å². The summed E-state index contributed by atoms with van der Waals surface area (Å²) in [7, 11) is 0.875. The monoisotopic (exact) mass is 310 g/mol. The van der Waals surface area contributed by atoms with Crippen LogP contribution in [0.2, 0.25) is 0 Å². The Bertz CT molecular complexity index is 545. The van der Waals surface area contributed by atoms with Gasteiger partial charge in [0.05, 0.1) is 11.5 Å². The third-order valence-corrected chi connectivity index (χ3v) is 4.52. The van der Waals surface area contributed by atoms with Gasteiger partial charge in [0.1, 0.15) is 0 Å². The molecule has 0 atom stereocenters. The molecule has 1 saturated carbocycles. The van der Waals surface area contributed by atoms with Crippen molar-refractivity contribution in [2.45, 2.75) is 30.6 Å². The highest BCUT2D eigenvalue weighted by Gasteiger charge is 2.21. The van der Waals surface area contributed by atoms with Crippen LogP contribution in [0.5, 0.6) is 5.75 Å². The Labute approximate surface area is 114 Å². The predicted molar refractivity (Wildman–Crippen MR) is 66.8 cm³/mol. The Morgan fingerprint density at radius 2 is 1.74 bits per heavy atom. The fraction of sp³-hybridized carbons (Fsp3) is 0.500. The first-order chi connectivity index (χ1) is 8.88. The lowest BCUT2D eigenvalue weighted by molar-refractivity contribution is 0.231. The molecule has 0 spiro atoms. The van der Waals surface area contributed by atoms with Crippen molar-refractivity contribution in [3.8, 4) is 5.75 Å². The smallest absolute Gasteiger partial charge is 0.261 e. The summed E-state index contributed by atoms with van der Waals surface area (Å²) in [5, 5.41) is 0. The molecule has 1 aromatic carbocycles. The van der Waals surface area contributed by atoms with Crippen molar-refractivity contribution in [2.75, 3.05) is 6.61 Å². The highest BCUT2D eigenvalue weighted by atomic mass is 35.7. The molecule has 0 radical (unpaired) electrons. The molecule has 19 heavy (non-hydrogen) atoms. The van der Waals surface area contributed by atoms with E-state index in [-0.39, 0.29) is 6.61 Å². The molecule has 2 rings (SSSR count). The van der Waals surface area contributed by atoms with Gasteiger partial charge in [-0.2, -0.15) is 0 Å². The van der Waals surface area contributed by atoms with Crippen LogP contribution in [0, 0.1) is 17.6 Å². The summed E-state index contributed by atoms with van der Waals surface area (Å²) in [5.41, 5.74) is 0. The van der Waals surface area contributed by atoms with E-state index in [4.69, 9.17) is 15.4 Å². The highest BCUT2D eigenvalue weighted by molar-refractivity contribution is 8.13. The van der Waals surface area contributed by atoms with Crippen LogP contribution in [0.1, 0.15) is 25.7 Å². The van der Waals surface area contributed by atoms with Gasteiger partial charge in [-0.05, 0) is 30.9 Å². The third-order valence-electron chi connectivity index (χ3n) is 3.19. The Morgan fingerprint density at radius 3 is 2.21 bits per heavy atom. The molecule has 3 nitrogen and oxygen atoms in total. The van der Waals surface area contributed by atoms with Crippen LogP contribution < -0.4 is 4.74 Å².